The lowest BCUT2D eigenvalue weighted by Crippen LogP contribution is -2.51. The summed E-state index contributed by atoms with van der Waals surface area (Å²) in [6, 6.07) is -0.677. The van der Waals surface area contributed by atoms with Crippen LogP contribution in [0.15, 0.2) is 0 Å². The predicted octanol–water partition coefficient (Wildman–Crippen LogP) is 1.24. The van der Waals surface area contributed by atoms with E-state index in [4.69, 9.17) is 5.11 Å². The molecule has 0 radical (unpaired) electrons. The van der Waals surface area contributed by atoms with E-state index in [0.29, 0.717) is 6.54 Å². The number of carboxylic acids is 1. The largest absolute Gasteiger partial charge is 0.481 e. The topological polar surface area (TPSA) is 77.9 Å². The molecule has 21 heavy (non-hydrogen) atoms. The van der Waals surface area contributed by atoms with E-state index in [1.165, 1.54) is 4.90 Å². The Kier molecular flexibility index (Phi) is 4.98. The zero-order chi connectivity index (χ0) is 15.6. The molecule has 6 nitrogen and oxygen atoms in total. The maximum atomic E-state index is 12.6. The average molecular weight is 296 g/mol. The van der Waals surface area contributed by atoms with Crippen molar-refractivity contribution in [3.63, 3.8) is 0 Å². The number of hydrogen-bond donors (Lipinski definition) is 1. The number of carbonyl (C=O) groups excluding carboxylic acids is 2. The molecule has 2 heterocycles. The van der Waals surface area contributed by atoms with Crippen molar-refractivity contribution < 1.29 is 19.5 Å². The van der Waals surface area contributed by atoms with Gasteiger partial charge < -0.3 is 5.11 Å². The smallest absolute Gasteiger partial charge is 0.304 e. The molecule has 3 atom stereocenters. The number of amides is 2. The van der Waals surface area contributed by atoms with Crippen molar-refractivity contribution >= 4 is 17.8 Å². The maximum Gasteiger partial charge on any atom is 0.304 e. The Morgan fingerprint density at radius 1 is 1.38 bits per heavy atom. The van der Waals surface area contributed by atoms with E-state index in [2.05, 4.69) is 0 Å². The Bertz CT molecular complexity index is 437. The molecule has 3 unspecified atom stereocenters. The van der Waals surface area contributed by atoms with E-state index in [9.17, 15) is 14.4 Å². The number of likely N-dealkylation sites (tertiary alicyclic amines) is 2. The number of hydrogen-bond acceptors (Lipinski definition) is 4. The van der Waals surface area contributed by atoms with Crippen LogP contribution >= 0.6 is 0 Å². The second-order valence-electron chi connectivity index (χ2n) is 6.06. The summed E-state index contributed by atoms with van der Waals surface area (Å²) >= 11 is 0. The number of carbonyl (C=O) groups is 3. The van der Waals surface area contributed by atoms with Crippen LogP contribution in [0.5, 0.6) is 0 Å². The molecule has 0 spiro atoms. The first-order valence-electron chi connectivity index (χ1n) is 7.79. The minimum Gasteiger partial charge on any atom is -0.481 e. The number of aliphatic carboxylic acids is 1. The molecular formula is C15H24N2O4. The lowest BCUT2D eigenvalue weighted by Gasteiger charge is -2.38. The highest BCUT2D eigenvalue weighted by Gasteiger charge is 2.45. The molecule has 2 aliphatic rings. The summed E-state index contributed by atoms with van der Waals surface area (Å²) < 4.78 is 0. The van der Waals surface area contributed by atoms with Gasteiger partial charge in [0.2, 0.25) is 11.8 Å². The third-order valence-corrected chi connectivity index (χ3v) is 4.67. The van der Waals surface area contributed by atoms with Crippen LogP contribution in [0, 0.1) is 0 Å². The molecule has 6 heteroatoms. The maximum absolute atomic E-state index is 12.6. The van der Waals surface area contributed by atoms with E-state index in [-0.39, 0.29) is 36.7 Å². The van der Waals surface area contributed by atoms with Crippen molar-refractivity contribution in [3.05, 3.63) is 0 Å². The summed E-state index contributed by atoms with van der Waals surface area (Å²) in [5.74, 6) is -1.12. The van der Waals surface area contributed by atoms with Crippen LogP contribution in [0.2, 0.25) is 0 Å². The van der Waals surface area contributed by atoms with Crippen LogP contribution in [0.3, 0.4) is 0 Å². The fourth-order valence-electron chi connectivity index (χ4n) is 3.39. The first-order chi connectivity index (χ1) is 9.95. The molecule has 2 saturated heterocycles. The molecule has 2 rings (SSSR count). The van der Waals surface area contributed by atoms with Crippen molar-refractivity contribution in [3.8, 4) is 0 Å². The minimum absolute atomic E-state index is 0.0430. The molecule has 0 aromatic heterocycles. The van der Waals surface area contributed by atoms with Crippen LogP contribution in [-0.2, 0) is 14.4 Å². The van der Waals surface area contributed by atoms with Crippen molar-refractivity contribution in [1.82, 2.24) is 9.80 Å². The molecule has 0 aromatic rings. The summed E-state index contributed by atoms with van der Waals surface area (Å²) in [5, 5.41) is 9.03. The van der Waals surface area contributed by atoms with E-state index in [1.54, 1.807) is 0 Å². The number of nitrogens with zero attached hydrogens (tertiary/aromatic N) is 2. The lowest BCUT2D eigenvalue weighted by molar-refractivity contribution is -0.144. The Morgan fingerprint density at radius 3 is 2.71 bits per heavy atom. The van der Waals surface area contributed by atoms with Crippen LogP contribution < -0.4 is 0 Å². The highest BCUT2D eigenvalue weighted by atomic mass is 16.4. The molecule has 2 amide bonds. The third kappa shape index (κ3) is 3.26. The zero-order valence-corrected chi connectivity index (χ0v) is 12.7. The fourth-order valence-corrected chi connectivity index (χ4v) is 3.39. The lowest BCUT2D eigenvalue weighted by atomic mass is 9.96. The Labute approximate surface area is 125 Å². The number of imide groups is 1. The molecular weight excluding hydrogens is 272 g/mol. The second kappa shape index (κ2) is 6.56. The number of carboxylic acid groups (broad SMARTS) is 1. The van der Waals surface area contributed by atoms with Gasteiger partial charge in [-0.3, -0.25) is 24.2 Å². The molecule has 0 aromatic carbocycles. The summed E-state index contributed by atoms with van der Waals surface area (Å²) in [6.07, 6.45) is 3.70. The standard InChI is InChI=1S/C15H24N2O4/c1-3-10(2)17-13(18)9-12(15(17)21)16-7-5-4-6-11(16)8-14(19)20/h10-12H,3-9H2,1-2H3,(H,19,20). The van der Waals surface area contributed by atoms with Gasteiger partial charge in [0.25, 0.3) is 0 Å². The molecule has 2 aliphatic heterocycles. The van der Waals surface area contributed by atoms with E-state index >= 15 is 0 Å². The highest BCUT2D eigenvalue weighted by Crippen LogP contribution is 2.29. The van der Waals surface area contributed by atoms with Crippen molar-refractivity contribution in [2.75, 3.05) is 6.54 Å². The predicted molar refractivity (Wildman–Crippen MR) is 76.6 cm³/mol. The molecule has 0 bridgehead atoms. The van der Waals surface area contributed by atoms with Gasteiger partial charge in [0, 0.05) is 12.1 Å². The molecule has 0 saturated carbocycles. The van der Waals surface area contributed by atoms with E-state index < -0.39 is 12.0 Å². The fraction of sp³-hybridized carbons (Fsp3) is 0.800. The third-order valence-electron chi connectivity index (χ3n) is 4.67. The first kappa shape index (κ1) is 15.9. The number of rotatable bonds is 5. The SMILES string of the molecule is CCC(C)N1C(=O)CC(N2CCCCC2CC(=O)O)C1=O. The normalized spacial score (nSPS) is 29.0. The van der Waals surface area contributed by atoms with Crippen molar-refractivity contribution in [2.24, 2.45) is 0 Å². The van der Waals surface area contributed by atoms with Gasteiger partial charge in [0.05, 0.1) is 18.9 Å². The molecule has 2 fully saturated rings. The van der Waals surface area contributed by atoms with Gasteiger partial charge in [-0.15, -0.1) is 0 Å². The molecule has 0 aliphatic carbocycles. The van der Waals surface area contributed by atoms with Gasteiger partial charge in [-0.05, 0) is 32.7 Å². The van der Waals surface area contributed by atoms with Gasteiger partial charge in [0.15, 0.2) is 0 Å². The van der Waals surface area contributed by atoms with E-state index in [0.717, 1.165) is 25.7 Å². The van der Waals surface area contributed by atoms with Gasteiger partial charge >= 0.3 is 5.97 Å². The first-order valence-corrected chi connectivity index (χ1v) is 7.79. The molecule has 118 valence electrons. The van der Waals surface area contributed by atoms with Crippen LogP contribution in [-0.4, -0.2) is 57.4 Å². The molecule has 1 N–H and O–H groups in total. The summed E-state index contributed by atoms with van der Waals surface area (Å²) in [5.41, 5.74) is 0. The van der Waals surface area contributed by atoms with Gasteiger partial charge in [-0.25, -0.2) is 0 Å². The average Bonchev–Trinajstić information content (AvgIpc) is 2.73. The monoisotopic (exact) mass is 296 g/mol. The Balaban J connectivity index is 2.14. The van der Waals surface area contributed by atoms with E-state index in [1.807, 2.05) is 18.7 Å². The minimum atomic E-state index is -0.845. The van der Waals surface area contributed by atoms with Crippen LogP contribution in [0.25, 0.3) is 0 Å². The number of piperidine rings is 1. The summed E-state index contributed by atoms with van der Waals surface area (Å²) in [4.78, 5) is 39.0. The van der Waals surface area contributed by atoms with Crippen molar-refractivity contribution in [1.29, 1.82) is 0 Å². The van der Waals surface area contributed by atoms with Gasteiger partial charge in [-0.2, -0.15) is 0 Å². The van der Waals surface area contributed by atoms with Crippen molar-refractivity contribution in [2.45, 2.75) is 70.5 Å². The Hall–Kier alpha value is -1.43. The highest BCUT2D eigenvalue weighted by molar-refractivity contribution is 6.05. The van der Waals surface area contributed by atoms with Crippen LogP contribution in [0.1, 0.15) is 52.4 Å². The van der Waals surface area contributed by atoms with Gasteiger partial charge in [-0.1, -0.05) is 13.3 Å². The Morgan fingerprint density at radius 2 is 2.10 bits per heavy atom. The quantitative estimate of drug-likeness (QED) is 0.772. The summed E-state index contributed by atoms with van der Waals surface area (Å²) in [6.45, 7) is 4.53. The summed E-state index contributed by atoms with van der Waals surface area (Å²) in [7, 11) is 0. The second-order valence-corrected chi connectivity index (χ2v) is 6.06. The zero-order valence-electron chi connectivity index (χ0n) is 12.7. The van der Waals surface area contributed by atoms with Crippen LogP contribution in [0.4, 0.5) is 0 Å². The van der Waals surface area contributed by atoms with Gasteiger partial charge in [0.1, 0.15) is 0 Å².